The van der Waals surface area contributed by atoms with E-state index in [1.807, 2.05) is 56.4 Å². The van der Waals surface area contributed by atoms with Crippen molar-refractivity contribution in [2.24, 2.45) is 5.73 Å². The number of nitrogens with two attached hydrogens (primary N) is 1. The zero-order valence-electron chi connectivity index (χ0n) is 16.9. The Morgan fingerprint density at radius 2 is 1.78 bits per heavy atom. The van der Waals surface area contributed by atoms with Gasteiger partial charge in [-0.1, -0.05) is 92.9 Å². The topological polar surface area (TPSA) is 55.1 Å². The van der Waals surface area contributed by atoms with E-state index in [2.05, 4.69) is 38.1 Å². The fourth-order valence-corrected chi connectivity index (χ4v) is 1.49. The van der Waals surface area contributed by atoms with Crippen LogP contribution >= 0.6 is 0 Å². The number of hydrogen-bond donors (Lipinski definition) is 2. The summed E-state index contributed by atoms with van der Waals surface area (Å²) >= 11 is 0. The Bertz CT molecular complexity index is 638. The molecule has 0 aliphatic carbocycles. The maximum atomic E-state index is 10.0. The fraction of sp³-hybridized carbons (Fsp3) is 0.208. The molecule has 0 unspecified atom stereocenters. The van der Waals surface area contributed by atoms with Crippen molar-refractivity contribution in [3.05, 3.63) is 109 Å². The molecule has 0 fully saturated rings. The maximum absolute atomic E-state index is 10.0. The Kier molecular flexibility index (Phi) is 18.9. The van der Waals surface area contributed by atoms with E-state index in [1.54, 1.807) is 18.2 Å². The highest BCUT2D eigenvalue weighted by Crippen LogP contribution is 1.96. The molecule has 0 amide bonds. The van der Waals surface area contributed by atoms with Crippen molar-refractivity contribution in [1.29, 1.82) is 0 Å². The first-order chi connectivity index (χ1) is 12.9. The molecule has 146 valence electrons. The first kappa shape index (κ1) is 26.3. The Labute approximate surface area is 165 Å². The van der Waals surface area contributed by atoms with Gasteiger partial charge in [-0.25, -0.2) is 0 Å². The lowest BCUT2D eigenvalue weighted by atomic mass is 10.2. The van der Waals surface area contributed by atoms with Crippen LogP contribution in [-0.2, 0) is 0 Å². The van der Waals surface area contributed by atoms with E-state index in [-0.39, 0.29) is 0 Å². The van der Waals surface area contributed by atoms with E-state index >= 15 is 0 Å². The molecule has 1 aromatic carbocycles. The molecule has 27 heavy (non-hydrogen) atoms. The van der Waals surface area contributed by atoms with Gasteiger partial charge in [0, 0.05) is 23.5 Å². The third kappa shape index (κ3) is 19.3. The van der Waals surface area contributed by atoms with Crippen molar-refractivity contribution in [2.75, 3.05) is 6.54 Å². The van der Waals surface area contributed by atoms with Crippen molar-refractivity contribution < 1.29 is 4.79 Å². The van der Waals surface area contributed by atoms with Gasteiger partial charge >= 0.3 is 0 Å². The molecule has 0 heterocycles. The summed E-state index contributed by atoms with van der Waals surface area (Å²) in [4.78, 5) is 10.0. The van der Waals surface area contributed by atoms with E-state index in [9.17, 15) is 4.79 Å². The summed E-state index contributed by atoms with van der Waals surface area (Å²) in [6.45, 7) is 17.4. The minimum absolute atomic E-state index is 0.518. The number of aldehydes is 1. The summed E-state index contributed by atoms with van der Waals surface area (Å²) in [5.74, 6) is 0. The van der Waals surface area contributed by atoms with E-state index < -0.39 is 0 Å². The largest absolute Gasteiger partial charge is 0.359 e. The quantitative estimate of drug-likeness (QED) is 0.457. The summed E-state index contributed by atoms with van der Waals surface area (Å²) in [5.41, 5.74) is 9.17. The molecule has 1 aromatic rings. The average molecular weight is 367 g/mol. The van der Waals surface area contributed by atoms with Crippen LogP contribution in [0.25, 0.3) is 0 Å². The second-order valence-electron chi connectivity index (χ2n) is 5.46. The van der Waals surface area contributed by atoms with Crippen LogP contribution in [-0.4, -0.2) is 12.8 Å². The summed E-state index contributed by atoms with van der Waals surface area (Å²) in [5, 5.41) is 3.15. The van der Waals surface area contributed by atoms with Gasteiger partial charge in [0.1, 0.15) is 6.29 Å². The van der Waals surface area contributed by atoms with Gasteiger partial charge in [-0.05, 0) is 26.3 Å². The average Bonchev–Trinajstić information content (AvgIpc) is 2.69. The zero-order chi connectivity index (χ0) is 20.9. The van der Waals surface area contributed by atoms with Gasteiger partial charge in [0.15, 0.2) is 0 Å². The Balaban J connectivity index is 0. The number of rotatable bonds is 8. The Morgan fingerprint density at radius 3 is 2.15 bits per heavy atom. The van der Waals surface area contributed by atoms with E-state index in [0.29, 0.717) is 6.54 Å². The number of nitrogens with one attached hydrogen (secondary N) is 1. The Morgan fingerprint density at radius 1 is 1.19 bits per heavy atom. The second-order valence-corrected chi connectivity index (χ2v) is 5.46. The molecule has 0 atom stereocenters. The van der Waals surface area contributed by atoms with Crippen molar-refractivity contribution in [1.82, 2.24) is 5.32 Å². The smallest absolute Gasteiger partial charge is 0.150 e. The second kappa shape index (κ2) is 19.4. The normalized spacial score (nSPS) is 10.3. The molecule has 3 heteroatoms. The summed E-state index contributed by atoms with van der Waals surface area (Å²) in [6.07, 6.45) is 13.4. The molecule has 0 aliphatic heterocycles. The molecule has 3 N–H and O–H groups in total. The van der Waals surface area contributed by atoms with Crippen molar-refractivity contribution in [2.45, 2.75) is 27.2 Å². The van der Waals surface area contributed by atoms with Gasteiger partial charge in [0.2, 0.25) is 0 Å². The summed E-state index contributed by atoms with van der Waals surface area (Å²) in [6, 6.07) is 9.10. The minimum atomic E-state index is 0.518. The fourth-order valence-electron chi connectivity index (χ4n) is 1.49. The summed E-state index contributed by atoms with van der Waals surface area (Å²) in [7, 11) is 0. The van der Waals surface area contributed by atoms with Crippen molar-refractivity contribution in [3.63, 3.8) is 0 Å². The molecule has 0 saturated heterocycles. The molecule has 3 nitrogen and oxygen atoms in total. The van der Waals surface area contributed by atoms with Crippen LogP contribution in [0.3, 0.4) is 0 Å². The van der Waals surface area contributed by atoms with Crippen LogP contribution < -0.4 is 11.1 Å². The molecule has 0 bridgehead atoms. The number of allylic oxidation sites excluding steroid dienone is 7. The van der Waals surface area contributed by atoms with Crippen LogP contribution in [0.5, 0.6) is 0 Å². The van der Waals surface area contributed by atoms with Gasteiger partial charge in [0.05, 0.1) is 0 Å². The van der Waals surface area contributed by atoms with E-state index in [1.165, 1.54) is 0 Å². The molecular formula is C24H34N2O. The molecular weight excluding hydrogens is 332 g/mol. The maximum Gasteiger partial charge on any atom is 0.150 e. The standard InChI is InChI=1S/C12H20N2.C7H6O.C5H8/c1-4-6-7-9-11(3)14-12(10-13)8-5-2;8-6-7-4-2-1-3-5-7;1-4-5(2)3/h4,6-9,14H,3,5,10,13H2,1-2H3;1-6H;4H,1-2H2,3H3/b6-4-,9-7-,12-8?;;. The molecule has 0 spiro atoms. The van der Waals surface area contributed by atoms with Crippen LogP contribution in [0.4, 0.5) is 0 Å². The van der Waals surface area contributed by atoms with Gasteiger partial charge in [-0.2, -0.15) is 0 Å². The third-order valence-corrected chi connectivity index (χ3v) is 2.88. The first-order valence-corrected chi connectivity index (χ1v) is 8.87. The lowest BCUT2D eigenvalue weighted by Crippen LogP contribution is -2.18. The summed E-state index contributed by atoms with van der Waals surface area (Å²) < 4.78 is 0. The molecule has 0 radical (unpaired) electrons. The van der Waals surface area contributed by atoms with Crippen molar-refractivity contribution in [3.8, 4) is 0 Å². The number of carbonyl (C=O) groups is 1. The van der Waals surface area contributed by atoms with Gasteiger partial charge < -0.3 is 11.1 Å². The highest BCUT2D eigenvalue weighted by molar-refractivity contribution is 5.74. The Hall–Kier alpha value is -2.91. The van der Waals surface area contributed by atoms with Crippen LogP contribution in [0.15, 0.2) is 103 Å². The number of carbonyl (C=O) groups excluding carboxylic acids is 1. The molecule has 0 aromatic heterocycles. The third-order valence-electron chi connectivity index (χ3n) is 2.88. The molecule has 0 saturated carbocycles. The lowest BCUT2D eigenvalue weighted by molar-refractivity contribution is 0.112. The van der Waals surface area contributed by atoms with Gasteiger partial charge in [0.25, 0.3) is 0 Å². The van der Waals surface area contributed by atoms with E-state index in [4.69, 9.17) is 5.73 Å². The van der Waals surface area contributed by atoms with Crippen LogP contribution in [0.1, 0.15) is 37.6 Å². The van der Waals surface area contributed by atoms with Crippen molar-refractivity contribution >= 4 is 6.29 Å². The van der Waals surface area contributed by atoms with Crippen LogP contribution in [0, 0.1) is 0 Å². The SMILES string of the molecule is C=C(/C=C\C=C/C)NC(=CCC)CN.C=CC(=C)C.O=Cc1ccccc1. The molecule has 1 rings (SSSR count). The highest BCUT2D eigenvalue weighted by Gasteiger charge is 1.92. The van der Waals surface area contributed by atoms with Crippen LogP contribution in [0.2, 0.25) is 0 Å². The van der Waals surface area contributed by atoms with E-state index in [0.717, 1.165) is 35.2 Å². The number of benzene rings is 1. The zero-order valence-corrected chi connectivity index (χ0v) is 16.9. The van der Waals surface area contributed by atoms with Gasteiger partial charge in [-0.3, -0.25) is 4.79 Å². The monoisotopic (exact) mass is 366 g/mol. The first-order valence-electron chi connectivity index (χ1n) is 8.87. The number of hydrogen-bond acceptors (Lipinski definition) is 3. The molecule has 0 aliphatic rings. The van der Waals surface area contributed by atoms with Gasteiger partial charge in [-0.15, -0.1) is 0 Å². The predicted octanol–water partition coefficient (Wildman–Crippen LogP) is 5.72. The predicted molar refractivity (Wildman–Crippen MR) is 120 cm³/mol. The minimum Gasteiger partial charge on any atom is -0.359 e. The lowest BCUT2D eigenvalue weighted by Gasteiger charge is -2.07. The highest BCUT2D eigenvalue weighted by atomic mass is 16.1.